The average molecular weight is 238 g/mol. The van der Waals surface area contributed by atoms with Crippen molar-refractivity contribution in [3.63, 3.8) is 0 Å². The van der Waals surface area contributed by atoms with Crippen molar-refractivity contribution in [2.24, 2.45) is 5.92 Å². The fourth-order valence-electron chi connectivity index (χ4n) is 2.15. The number of hydrogen-bond donors (Lipinski definition) is 1. The summed E-state index contributed by atoms with van der Waals surface area (Å²) in [5.74, 6) is 0.727. The van der Waals surface area contributed by atoms with Gasteiger partial charge in [-0.25, -0.2) is 0 Å². The van der Waals surface area contributed by atoms with Crippen LogP contribution in [-0.2, 0) is 0 Å². The minimum absolute atomic E-state index is 0.193. The number of nitrogens with one attached hydrogen (secondary N) is 1. The van der Waals surface area contributed by atoms with Crippen LogP contribution in [-0.4, -0.2) is 43.3 Å². The first-order valence-electron chi connectivity index (χ1n) is 5.94. The topological polar surface area (TPSA) is 15.3 Å². The molecule has 5 heteroatoms. The minimum atomic E-state index is -4.10. The van der Waals surface area contributed by atoms with E-state index in [4.69, 9.17) is 0 Å². The van der Waals surface area contributed by atoms with Crippen molar-refractivity contribution in [2.45, 2.75) is 38.9 Å². The Balaban J connectivity index is 2.18. The van der Waals surface area contributed by atoms with Crippen molar-refractivity contribution in [1.82, 2.24) is 10.2 Å². The van der Waals surface area contributed by atoms with Gasteiger partial charge in [0.15, 0.2) is 0 Å². The Morgan fingerprint density at radius 3 is 2.62 bits per heavy atom. The van der Waals surface area contributed by atoms with E-state index in [1.807, 2.05) is 6.92 Å². The van der Waals surface area contributed by atoms with E-state index in [0.717, 1.165) is 19.0 Å². The first-order valence-corrected chi connectivity index (χ1v) is 5.94. The van der Waals surface area contributed by atoms with E-state index in [9.17, 15) is 13.2 Å². The van der Waals surface area contributed by atoms with E-state index in [1.54, 1.807) is 0 Å². The molecular weight excluding hydrogens is 217 g/mol. The molecule has 1 saturated heterocycles. The molecule has 2 nitrogen and oxygen atoms in total. The molecule has 0 saturated carbocycles. The summed E-state index contributed by atoms with van der Waals surface area (Å²) in [4.78, 5) is 2.28. The number of halogens is 3. The SMILES string of the molecule is CCC1CCN(C(C)CNCC(F)(F)F)C1. The summed E-state index contributed by atoms with van der Waals surface area (Å²) in [7, 11) is 0. The zero-order valence-electron chi connectivity index (χ0n) is 9.98. The van der Waals surface area contributed by atoms with Crippen molar-refractivity contribution in [1.29, 1.82) is 0 Å². The Labute approximate surface area is 95.2 Å². The first kappa shape index (κ1) is 13.8. The second-order valence-corrected chi connectivity index (χ2v) is 4.65. The van der Waals surface area contributed by atoms with Gasteiger partial charge in [-0.3, -0.25) is 4.90 Å². The summed E-state index contributed by atoms with van der Waals surface area (Å²) in [6.45, 7) is 5.74. The van der Waals surface area contributed by atoms with Gasteiger partial charge in [0.2, 0.25) is 0 Å². The Hall–Kier alpha value is -0.290. The van der Waals surface area contributed by atoms with Crippen molar-refractivity contribution >= 4 is 0 Å². The second-order valence-electron chi connectivity index (χ2n) is 4.65. The Bertz CT molecular complexity index is 206. The molecule has 2 atom stereocenters. The predicted octanol–water partition coefficient (Wildman–Crippen LogP) is 2.26. The molecule has 96 valence electrons. The lowest BCUT2D eigenvalue weighted by molar-refractivity contribution is -0.125. The summed E-state index contributed by atoms with van der Waals surface area (Å²) in [6, 6.07) is 0.193. The summed E-state index contributed by atoms with van der Waals surface area (Å²) in [5, 5.41) is 2.47. The van der Waals surface area contributed by atoms with Gasteiger partial charge in [0.1, 0.15) is 0 Å². The van der Waals surface area contributed by atoms with Gasteiger partial charge in [-0.15, -0.1) is 0 Å². The molecule has 1 aliphatic rings. The van der Waals surface area contributed by atoms with Crippen LogP contribution in [0.5, 0.6) is 0 Å². The number of rotatable bonds is 5. The maximum atomic E-state index is 11.9. The van der Waals surface area contributed by atoms with Gasteiger partial charge in [-0.1, -0.05) is 13.3 Å². The van der Waals surface area contributed by atoms with Crippen LogP contribution < -0.4 is 5.32 Å². The quantitative estimate of drug-likeness (QED) is 0.790. The average Bonchev–Trinajstić information content (AvgIpc) is 2.63. The van der Waals surface area contributed by atoms with E-state index in [0.29, 0.717) is 6.54 Å². The first-order chi connectivity index (χ1) is 7.42. The highest BCUT2D eigenvalue weighted by Crippen LogP contribution is 2.20. The van der Waals surface area contributed by atoms with E-state index in [-0.39, 0.29) is 6.04 Å². The van der Waals surface area contributed by atoms with Gasteiger partial charge in [0.05, 0.1) is 6.54 Å². The van der Waals surface area contributed by atoms with E-state index < -0.39 is 12.7 Å². The summed E-state index contributed by atoms with van der Waals surface area (Å²) in [6.07, 6.45) is -1.75. The number of nitrogens with zero attached hydrogens (tertiary/aromatic N) is 1. The van der Waals surface area contributed by atoms with Crippen LogP contribution in [0.1, 0.15) is 26.7 Å². The fraction of sp³-hybridized carbons (Fsp3) is 1.00. The monoisotopic (exact) mass is 238 g/mol. The molecule has 0 aromatic carbocycles. The molecule has 1 N–H and O–H groups in total. The molecule has 0 aromatic heterocycles. The van der Waals surface area contributed by atoms with Crippen molar-refractivity contribution < 1.29 is 13.2 Å². The number of likely N-dealkylation sites (tertiary alicyclic amines) is 1. The zero-order valence-corrected chi connectivity index (χ0v) is 9.98. The largest absolute Gasteiger partial charge is 0.401 e. The summed E-state index contributed by atoms with van der Waals surface area (Å²) in [5.41, 5.74) is 0. The Morgan fingerprint density at radius 1 is 1.44 bits per heavy atom. The van der Waals surface area contributed by atoms with Crippen LogP contribution >= 0.6 is 0 Å². The minimum Gasteiger partial charge on any atom is -0.307 e. The molecule has 0 spiro atoms. The molecule has 0 amide bonds. The molecular formula is C11H21F3N2. The number of hydrogen-bond acceptors (Lipinski definition) is 2. The molecule has 0 aromatic rings. The molecule has 1 rings (SSSR count). The smallest absolute Gasteiger partial charge is 0.307 e. The lowest BCUT2D eigenvalue weighted by Crippen LogP contribution is -2.41. The molecule has 1 aliphatic heterocycles. The Kier molecular flexibility index (Phi) is 5.05. The van der Waals surface area contributed by atoms with Gasteiger partial charge in [0.25, 0.3) is 0 Å². The fourth-order valence-corrected chi connectivity index (χ4v) is 2.15. The van der Waals surface area contributed by atoms with Crippen LogP contribution in [0.15, 0.2) is 0 Å². The van der Waals surface area contributed by atoms with Crippen LogP contribution in [0.4, 0.5) is 13.2 Å². The standard InChI is InChI=1S/C11H21F3N2/c1-3-10-4-5-16(7-10)9(2)6-15-8-11(12,13)14/h9-10,15H,3-8H2,1-2H3. The lowest BCUT2D eigenvalue weighted by atomic mass is 10.1. The van der Waals surface area contributed by atoms with Crippen molar-refractivity contribution in [3.8, 4) is 0 Å². The van der Waals surface area contributed by atoms with E-state index in [2.05, 4.69) is 17.1 Å². The van der Waals surface area contributed by atoms with Crippen molar-refractivity contribution in [3.05, 3.63) is 0 Å². The summed E-state index contributed by atoms with van der Waals surface area (Å²) >= 11 is 0. The molecule has 1 fully saturated rings. The predicted molar refractivity (Wildman–Crippen MR) is 58.4 cm³/mol. The van der Waals surface area contributed by atoms with Crippen LogP contribution in [0.3, 0.4) is 0 Å². The molecule has 2 unspecified atom stereocenters. The highest BCUT2D eigenvalue weighted by Gasteiger charge is 2.28. The molecule has 1 heterocycles. The molecule has 0 radical (unpaired) electrons. The number of alkyl halides is 3. The molecule has 0 aliphatic carbocycles. The molecule has 16 heavy (non-hydrogen) atoms. The Morgan fingerprint density at radius 2 is 2.12 bits per heavy atom. The van der Waals surface area contributed by atoms with Gasteiger partial charge in [-0.2, -0.15) is 13.2 Å². The normalized spacial score (nSPS) is 24.9. The van der Waals surface area contributed by atoms with Crippen LogP contribution in [0.2, 0.25) is 0 Å². The maximum absolute atomic E-state index is 11.9. The lowest BCUT2D eigenvalue weighted by Gasteiger charge is -2.24. The van der Waals surface area contributed by atoms with Gasteiger partial charge >= 0.3 is 6.18 Å². The van der Waals surface area contributed by atoms with E-state index >= 15 is 0 Å². The van der Waals surface area contributed by atoms with Crippen molar-refractivity contribution in [2.75, 3.05) is 26.2 Å². The highest BCUT2D eigenvalue weighted by atomic mass is 19.4. The third-order valence-electron chi connectivity index (χ3n) is 3.28. The maximum Gasteiger partial charge on any atom is 0.401 e. The second kappa shape index (κ2) is 5.87. The van der Waals surface area contributed by atoms with Gasteiger partial charge in [-0.05, 0) is 25.8 Å². The van der Waals surface area contributed by atoms with Crippen LogP contribution in [0.25, 0.3) is 0 Å². The van der Waals surface area contributed by atoms with E-state index in [1.165, 1.54) is 12.8 Å². The molecule has 0 bridgehead atoms. The van der Waals surface area contributed by atoms with Crippen LogP contribution in [0, 0.1) is 5.92 Å². The summed E-state index contributed by atoms with van der Waals surface area (Å²) < 4.78 is 35.8. The highest BCUT2D eigenvalue weighted by molar-refractivity contribution is 4.80. The van der Waals surface area contributed by atoms with Gasteiger partial charge < -0.3 is 5.32 Å². The zero-order chi connectivity index (χ0) is 12.2. The van der Waals surface area contributed by atoms with Gasteiger partial charge in [0, 0.05) is 19.1 Å². The third kappa shape index (κ3) is 4.70. The third-order valence-corrected chi connectivity index (χ3v) is 3.28.